The van der Waals surface area contributed by atoms with Gasteiger partial charge in [0, 0.05) is 18.5 Å². The third-order valence-corrected chi connectivity index (χ3v) is 3.48. The molecule has 0 radical (unpaired) electrons. The van der Waals surface area contributed by atoms with E-state index < -0.39 is 0 Å². The highest BCUT2D eigenvalue weighted by Gasteiger charge is 2.13. The highest BCUT2D eigenvalue weighted by molar-refractivity contribution is 7.13. The van der Waals surface area contributed by atoms with Crippen molar-refractivity contribution in [3.8, 4) is 0 Å². The van der Waals surface area contributed by atoms with Gasteiger partial charge in [0.1, 0.15) is 0 Å². The van der Waals surface area contributed by atoms with Crippen molar-refractivity contribution in [2.75, 3.05) is 18.0 Å². The summed E-state index contributed by atoms with van der Waals surface area (Å²) < 4.78 is 0. The Kier molecular flexibility index (Phi) is 2.83. The third-order valence-electron chi connectivity index (χ3n) is 2.53. The zero-order valence-electron chi connectivity index (χ0n) is 8.12. The van der Waals surface area contributed by atoms with Gasteiger partial charge < -0.3 is 4.90 Å². The van der Waals surface area contributed by atoms with Gasteiger partial charge in [-0.2, -0.15) is 0 Å². The molecule has 13 heavy (non-hydrogen) atoms. The van der Waals surface area contributed by atoms with Crippen LogP contribution in [0.2, 0.25) is 0 Å². The Balaban J connectivity index is 2.05. The number of hydrogen-bond donors (Lipinski definition) is 0. The SMILES string of the molecule is CCc1csc(N2CCCCC2)n1. The van der Waals surface area contributed by atoms with E-state index in [1.165, 1.54) is 43.2 Å². The van der Waals surface area contributed by atoms with Crippen LogP contribution in [0.4, 0.5) is 5.13 Å². The van der Waals surface area contributed by atoms with E-state index in [9.17, 15) is 0 Å². The first kappa shape index (κ1) is 9.00. The Morgan fingerprint density at radius 1 is 1.38 bits per heavy atom. The van der Waals surface area contributed by atoms with E-state index in [4.69, 9.17) is 0 Å². The van der Waals surface area contributed by atoms with E-state index in [2.05, 4.69) is 22.2 Å². The smallest absolute Gasteiger partial charge is 0.185 e. The molecule has 0 unspecified atom stereocenters. The van der Waals surface area contributed by atoms with Crippen LogP contribution in [0.3, 0.4) is 0 Å². The van der Waals surface area contributed by atoms with E-state index in [1.54, 1.807) is 11.3 Å². The fourth-order valence-electron chi connectivity index (χ4n) is 1.69. The Bertz CT molecular complexity index is 264. The second-order valence-corrected chi connectivity index (χ2v) is 4.36. The average molecular weight is 196 g/mol. The van der Waals surface area contributed by atoms with Crippen molar-refractivity contribution in [1.29, 1.82) is 0 Å². The second-order valence-electron chi connectivity index (χ2n) is 3.52. The number of aryl methyl sites for hydroxylation is 1. The lowest BCUT2D eigenvalue weighted by Gasteiger charge is -2.25. The molecule has 72 valence electrons. The van der Waals surface area contributed by atoms with Crippen LogP contribution < -0.4 is 4.90 Å². The molecule has 1 aliphatic heterocycles. The third kappa shape index (κ3) is 2.02. The molecule has 3 heteroatoms. The molecule has 0 amide bonds. The maximum Gasteiger partial charge on any atom is 0.185 e. The van der Waals surface area contributed by atoms with Crippen molar-refractivity contribution in [2.45, 2.75) is 32.6 Å². The molecule has 0 aliphatic carbocycles. The number of hydrogen-bond acceptors (Lipinski definition) is 3. The lowest BCUT2D eigenvalue weighted by atomic mass is 10.1. The van der Waals surface area contributed by atoms with Gasteiger partial charge in [0.05, 0.1) is 5.69 Å². The molecule has 2 nitrogen and oxygen atoms in total. The van der Waals surface area contributed by atoms with Crippen LogP contribution in [0.1, 0.15) is 31.9 Å². The van der Waals surface area contributed by atoms with Gasteiger partial charge in [-0.25, -0.2) is 4.98 Å². The zero-order chi connectivity index (χ0) is 9.10. The topological polar surface area (TPSA) is 16.1 Å². The molecule has 1 aliphatic rings. The molecule has 0 aromatic carbocycles. The maximum atomic E-state index is 4.60. The highest BCUT2D eigenvalue weighted by Crippen LogP contribution is 2.23. The minimum absolute atomic E-state index is 1.06. The Hall–Kier alpha value is -0.570. The van der Waals surface area contributed by atoms with Crippen LogP contribution >= 0.6 is 11.3 Å². The number of aromatic nitrogens is 1. The van der Waals surface area contributed by atoms with E-state index >= 15 is 0 Å². The summed E-state index contributed by atoms with van der Waals surface area (Å²) in [5.41, 5.74) is 1.24. The van der Waals surface area contributed by atoms with Gasteiger partial charge in [-0.3, -0.25) is 0 Å². The number of thiazole rings is 1. The first-order valence-corrected chi connectivity index (χ1v) is 5.97. The maximum absolute atomic E-state index is 4.60. The van der Waals surface area contributed by atoms with E-state index in [0.717, 1.165) is 6.42 Å². The molecule has 2 rings (SSSR count). The van der Waals surface area contributed by atoms with Gasteiger partial charge in [0.25, 0.3) is 0 Å². The predicted octanol–water partition coefficient (Wildman–Crippen LogP) is 2.70. The van der Waals surface area contributed by atoms with Gasteiger partial charge in [0.15, 0.2) is 5.13 Å². The molecule has 0 spiro atoms. The quantitative estimate of drug-likeness (QED) is 0.723. The molecule has 0 saturated carbocycles. The Morgan fingerprint density at radius 2 is 2.15 bits per heavy atom. The summed E-state index contributed by atoms with van der Waals surface area (Å²) in [4.78, 5) is 7.02. The lowest BCUT2D eigenvalue weighted by molar-refractivity contribution is 0.576. The van der Waals surface area contributed by atoms with E-state index in [1.807, 2.05) is 0 Å². The van der Waals surface area contributed by atoms with E-state index in [0.29, 0.717) is 0 Å². The van der Waals surface area contributed by atoms with Crippen molar-refractivity contribution in [1.82, 2.24) is 4.98 Å². The summed E-state index contributed by atoms with van der Waals surface area (Å²) >= 11 is 1.80. The molecule has 1 aromatic rings. The standard InChI is InChI=1S/C10H16N2S/c1-2-9-8-13-10(11-9)12-6-4-3-5-7-12/h8H,2-7H2,1H3. The van der Waals surface area contributed by atoms with Gasteiger partial charge in [-0.05, 0) is 25.7 Å². The first-order chi connectivity index (χ1) is 6.40. The largest absolute Gasteiger partial charge is 0.348 e. The fraction of sp³-hybridized carbons (Fsp3) is 0.700. The minimum Gasteiger partial charge on any atom is -0.348 e. The number of piperidine rings is 1. The second kappa shape index (κ2) is 4.09. The summed E-state index contributed by atoms with van der Waals surface area (Å²) in [6.07, 6.45) is 5.12. The van der Waals surface area contributed by atoms with Crippen LogP contribution in [0.5, 0.6) is 0 Å². The summed E-state index contributed by atoms with van der Waals surface area (Å²) in [7, 11) is 0. The van der Waals surface area contributed by atoms with Crippen molar-refractivity contribution in [2.24, 2.45) is 0 Å². The summed E-state index contributed by atoms with van der Waals surface area (Å²) in [6.45, 7) is 4.57. The molecular weight excluding hydrogens is 180 g/mol. The Labute approximate surface area is 83.6 Å². The minimum atomic E-state index is 1.06. The van der Waals surface area contributed by atoms with Crippen molar-refractivity contribution < 1.29 is 0 Å². The van der Waals surface area contributed by atoms with Gasteiger partial charge in [-0.15, -0.1) is 11.3 Å². The van der Waals surface area contributed by atoms with Crippen LogP contribution in [-0.2, 0) is 6.42 Å². The van der Waals surface area contributed by atoms with Crippen molar-refractivity contribution >= 4 is 16.5 Å². The van der Waals surface area contributed by atoms with E-state index in [-0.39, 0.29) is 0 Å². The number of anilines is 1. The molecule has 0 atom stereocenters. The summed E-state index contributed by atoms with van der Waals surface area (Å²) in [6, 6.07) is 0. The van der Waals surface area contributed by atoms with Gasteiger partial charge in [0.2, 0.25) is 0 Å². The molecule has 0 bridgehead atoms. The summed E-state index contributed by atoms with van der Waals surface area (Å²) in [5, 5.41) is 3.42. The molecule has 1 saturated heterocycles. The van der Waals surface area contributed by atoms with Crippen LogP contribution in [0, 0.1) is 0 Å². The average Bonchev–Trinajstić information content (AvgIpc) is 2.67. The fourth-order valence-corrected chi connectivity index (χ4v) is 2.65. The summed E-state index contributed by atoms with van der Waals surface area (Å²) in [5.74, 6) is 0. The van der Waals surface area contributed by atoms with Gasteiger partial charge in [-0.1, -0.05) is 6.92 Å². The molecule has 1 aromatic heterocycles. The lowest BCUT2D eigenvalue weighted by Crippen LogP contribution is -2.29. The molecule has 0 N–H and O–H groups in total. The zero-order valence-corrected chi connectivity index (χ0v) is 8.94. The number of rotatable bonds is 2. The van der Waals surface area contributed by atoms with Crippen molar-refractivity contribution in [3.63, 3.8) is 0 Å². The first-order valence-electron chi connectivity index (χ1n) is 5.09. The van der Waals surface area contributed by atoms with Crippen molar-refractivity contribution in [3.05, 3.63) is 11.1 Å². The Morgan fingerprint density at radius 3 is 2.77 bits per heavy atom. The van der Waals surface area contributed by atoms with Crippen LogP contribution in [-0.4, -0.2) is 18.1 Å². The molecular formula is C10H16N2S. The molecule has 2 heterocycles. The number of nitrogens with zero attached hydrogens (tertiary/aromatic N) is 2. The monoisotopic (exact) mass is 196 g/mol. The normalized spacial score (nSPS) is 17.8. The highest BCUT2D eigenvalue weighted by atomic mass is 32.1. The van der Waals surface area contributed by atoms with Crippen LogP contribution in [0.15, 0.2) is 5.38 Å². The predicted molar refractivity (Wildman–Crippen MR) is 57.6 cm³/mol. The molecule has 1 fully saturated rings. The van der Waals surface area contributed by atoms with Crippen LogP contribution in [0.25, 0.3) is 0 Å². The van der Waals surface area contributed by atoms with Gasteiger partial charge >= 0.3 is 0 Å².